The van der Waals surface area contributed by atoms with E-state index in [9.17, 15) is 9.59 Å². The average molecular weight is 316 g/mol. The van der Waals surface area contributed by atoms with Crippen LogP contribution in [0.4, 0.5) is 0 Å². The lowest BCUT2D eigenvalue weighted by atomic mass is 10.1. The van der Waals surface area contributed by atoms with Gasteiger partial charge in [0.2, 0.25) is 0 Å². The molecule has 0 aliphatic heterocycles. The number of rotatable bonds is 5. The van der Waals surface area contributed by atoms with Crippen molar-refractivity contribution in [1.82, 2.24) is 20.1 Å². The van der Waals surface area contributed by atoms with E-state index in [1.54, 1.807) is 17.8 Å². The van der Waals surface area contributed by atoms with E-state index < -0.39 is 11.9 Å². The van der Waals surface area contributed by atoms with Crippen LogP contribution in [0.5, 0.6) is 0 Å². The Bertz CT molecular complexity index is 695. The Morgan fingerprint density at radius 2 is 2.09 bits per heavy atom. The molecule has 0 spiro atoms. The van der Waals surface area contributed by atoms with Crippen molar-refractivity contribution in [3.8, 4) is 5.82 Å². The fourth-order valence-electron chi connectivity index (χ4n) is 2.31. The minimum absolute atomic E-state index is 0.182. The lowest BCUT2D eigenvalue weighted by Crippen LogP contribution is -2.34. The maximum Gasteiger partial charge on any atom is 0.396 e. The third-order valence-electron chi connectivity index (χ3n) is 3.43. The summed E-state index contributed by atoms with van der Waals surface area (Å²) in [7, 11) is 0. The average Bonchev–Trinajstić information content (AvgIpc) is 2.83. The molecular weight excluding hydrogens is 296 g/mol. The lowest BCUT2D eigenvalue weighted by Gasteiger charge is -2.06. The highest BCUT2D eigenvalue weighted by Crippen LogP contribution is 2.16. The van der Waals surface area contributed by atoms with Gasteiger partial charge in [-0.25, -0.2) is 14.5 Å². The molecule has 2 aromatic rings. The number of ether oxygens (including phenoxy) is 1. The van der Waals surface area contributed by atoms with Crippen LogP contribution < -0.4 is 5.32 Å². The fourth-order valence-corrected chi connectivity index (χ4v) is 2.31. The summed E-state index contributed by atoms with van der Waals surface area (Å²) in [4.78, 5) is 27.0. The van der Waals surface area contributed by atoms with Gasteiger partial charge in [0.1, 0.15) is 0 Å². The summed E-state index contributed by atoms with van der Waals surface area (Å²) in [6.45, 7) is 6.05. The Labute approximate surface area is 134 Å². The molecule has 1 amide bonds. The zero-order valence-corrected chi connectivity index (χ0v) is 13.5. The van der Waals surface area contributed by atoms with E-state index >= 15 is 0 Å². The molecule has 7 nitrogen and oxygen atoms in total. The zero-order valence-electron chi connectivity index (χ0n) is 13.5. The number of carbonyl (C=O) groups excluding carboxylic acids is 2. The van der Waals surface area contributed by atoms with Crippen molar-refractivity contribution >= 4 is 11.9 Å². The summed E-state index contributed by atoms with van der Waals surface area (Å²) in [5.41, 5.74) is 2.87. The van der Waals surface area contributed by atoms with Gasteiger partial charge in [-0.1, -0.05) is 6.07 Å². The van der Waals surface area contributed by atoms with Gasteiger partial charge in [0, 0.05) is 18.4 Å². The van der Waals surface area contributed by atoms with Crippen LogP contribution in [0.25, 0.3) is 5.82 Å². The first-order valence-corrected chi connectivity index (χ1v) is 7.46. The topological polar surface area (TPSA) is 86.1 Å². The van der Waals surface area contributed by atoms with Gasteiger partial charge in [0.05, 0.1) is 12.3 Å². The minimum Gasteiger partial charge on any atom is -0.459 e. The van der Waals surface area contributed by atoms with Gasteiger partial charge >= 0.3 is 11.9 Å². The number of carbonyl (C=O) groups is 2. The van der Waals surface area contributed by atoms with Crippen molar-refractivity contribution in [2.45, 2.75) is 27.2 Å². The van der Waals surface area contributed by atoms with E-state index in [0.29, 0.717) is 13.0 Å². The molecule has 2 rings (SSSR count). The highest BCUT2D eigenvalue weighted by atomic mass is 16.5. The molecule has 23 heavy (non-hydrogen) atoms. The molecule has 2 aromatic heterocycles. The smallest absolute Gasteiger partial charge is 0.396 e. The molecule has 0 aliphatic rings. The van der Waals surface area contributed by atoms with Gasteiger partial charge < -0.3 is 10.1 Å². The molecule has 0 unspecified atom stereocenters. The van der Waals surface area contributed by atoms with Crippen molar-refractivity contribution in [3.05, 3.63) is 41.3 Å². The second-order valence-electron chi connectivity index (χ2n) is 4.98. The van der Waals surface area contributed by atoms with Crippen LogP contribution in [0.2, 0.25) is 0 Å². The Hall–Kier alpha value is -2.70. The molecule has 0 bridgehead atoms. The standard InChI is InChI=1S/C16H20N4O3/c1-4-23-16(22)15(21)18-10-8-13-11(2)19-20(12(13)3)14-7-5-6-9-17-14/h5-7,9H,4,8,10H2,1-3H3,(H,18,21). The summed E-state index contributed by atoms with van der Waals surface area (Å²) in [6, 6.07) is 5.63. The van der Waals surface area contributed by atoms with Gasteiger partial charge in [-0.2, -0.15) is 5.10 Å². The molecule has 1 N–H and O–H groups in total. The zero-order chi connectivity index (χ0) is 16.8. The fraction of sp³-hybridized carbons (Fsp3) is 0.375. The molecule has 0 saturated heterocycles. The number of hydrogen-bond donors (Lipinski definition) is 1. The van der Waals surface area contributed by atoms with Gasteiger partial charge in [-0.15, -0.1) is 0 Å². The van der Waals surface area contributed by atoms with Gasteiger partial charge in [0.25, 0.3) is 0 Å². The maximum absolute atomic E-state index is 11.5. The number of esters is 1. The first-order chi connectivity index (χ1) is 11.0. The van der Waals surface area contributed by atoms with Crippen LogP contribution in [-0.4, -0.2) is 39.8 Å². The van der Waals surface area contributed by atoms with Crippen molar-refractivity contribution in [1.29, 1.82) is 0 Å². The third-order valence-corrected chi connectivity index (χ3v) is 3.43. The van der Waals surface area contributed by atoms with Crippen LogP contribution in [-0.2, 0) is 20.7 Å². The van der Waals surface area contributed by atoms with Crippen molar-refractivity contribution in [2.24, 2.45) is 0 Å². The van der Waals surface area contributed by atoms with Gasteiger partial charge in [0.15, 0.2) is 5.82 Å². The lowest BCUT2D eigenvalue weighted by molar-refractivity contribution is -0.154. The Morgan fingerprint density at radius 3 is 2.74 bits per heavy atom. The Morgan fingerprint density at radius 1 is 1.30 bits per heavy atom. The largest absolute Gasteiger partial charge is 0.459 e. The summed E-state index contributed by atoms with van der Waals surface area (Å²) in [6.07, 6.45) is 2.29. The van der Waals surface area contributed by atoms with Crippen molar-refractivity contribution in [2.75, 3.05) is 13.2 Å². The van der Waals surface area contributed by atoms with Crippen LogP contribution in [0.15, 0.2) is 24.4 Å². The maximum atomic E-state index is 11.5. The quantitative estimate of drug-likeness (QED) is 0.659. The summed E-state index contributed by atoms with van der Waals surface area (Å²) in [5.74, 6) is -0.834. The number of hydrogen-bond acceptors (Lipinski definition) is 5. The molecule has 122 valence electrons. The third kappa shape index (κ3) is 3.94. The van der Waals surface area contributed by atoms with E-state index in [4.69, 9.17) is 0 Å². The monoisotopic (exact) mass is 316 g/mol. The predicted octanol–water partition coefficient (Wildman–Crippen LogP) is 1.11. The summed E-state index contributed by atoms with van der Waals surface area (Å²) >= 11 is 0. The van der Waals surface area contributed by atoms with E-state index in [1.165, 1.54) is 0 Å². The normalized spacial score (nSPS) is 10.4. The molecule has 0 atom stereocenters. The molecular formula is C16H20N4O3. The van der Waals surface area contributed by atoms with Crippen LogP contribution in [0, 0.1) is 13.8 Å². The second-order valence-corrected chi connectivity index (χ2v) is 4.98. The molecule has 2 heterocycles. The first kappa shape index (κ1) is 16.7. The number of nitrogens with zero attached hydrogens (tertiary/aromatic N) is 3. The predicted molar refractivity (Wildman–Crippen MR) is 84.2 cm³/mol. The van der Waals surface area contributed by atoms with Crippen LogP contribution in [0.3, 0.4) is 0 Å². The Balaban J connectivity index is 2.03. The number of aromatic nitrogens is 3. The van der Waals surface area contributed by atoms with Crippen molar-refractivity contribution < 1.29 is 14.3 Å². The molecule has 0 fully saturated rings. The number of amides is 1. The molecule has 0 aliphatic carbocycles. The minimum atomic E-state index is -0.856. The van der Waals surface area contributed by atoms with E-state index in [0.717, 1.165) is 22.8 Å². The van der Waals surface area contributed by atoms with Crippen LogP contribution >= 0.6 is 0 Å². The molecule has 7 heteroatoms. The Kier molecular flexibility index (Phi) is 5.46. The van der Waals surface area contributed by atoms with Crippen molar-refractivity contribution in [3.63, 3.8) is 0 Å². The summed E-state index contributed by atoms with van der Waals surface area (Å²) in [5, 5.41) is 7.05. The van der Waals surface area contributed by atoms with Crippen LogP contribution in [0.1, 0.15) is 23.9 Å². The number of pyridine rings is 1. The SMILES string of the molecule is CCOC(=O)C(=O)NCCc1c(C)nn(-c2ccccn2)c1C. The van der Waals surface area contributed by atoms with Gasteiger partial charge in [-0.3, -0.25) is 4.79 Å². The summed E-state index contributed by atoms with van der Waals surface area (Å²) < 4.78 is 6.42. The number of aryl methyl sites for hydroxylation is 1. The van der Waals surface area contributed by atoms with Gasteiger partial charge in [-0.05, 0) is 44.9 Å². The van der Waals surface area contributed by atoms with E-state index in [-0.39, 0.29) is 6.61 Å². The number of nitrogens with one attached hydrogen (secondary N) is 1. The highest BCUT2D eigenvalue weighted by molar-refractivity contribution is 6.32. The molecule has 0 radical (unpaired) electrons. The van der Waals surface area contributed by atoms with E-state index in [2.05, 4.69) is 20.1 Å². The molecule has 0 aromatic carbocycles. The first-order valence-electron chi connectivity index (χ1n) is 7.46. The highest BCUT2D eigenvalue weighted by Gasteiger charge is 2.16. The second kappa shape index (κ2) is 7.53. The van der Waals surface area contributed by atoms with E-state index in [1.807, 2.05) is 32.0 Å². The molecule has 0 saturated carbocycles.